The van der Waals surface area contributed by atoms with E-state index in [9.17, 15) is 14.0 Å². The molecule has 0 radical (unpaired) electrons. The van der Waals surface area contributed by atoms with Crippen molar-refractivity contribution in [3.05, 3.63) is 59.5 Å². The van der Waals surface area contributed by atoms with Gasteiger partial charge in [-0.2, -0.15) is 0 Å². The monoisotopic (exact) mass is 287 g/mol. The highest BCUT2D eigenvalue weighted by Gasteiger charge is 2.12. The fourth-order valence-electron chi connectivity index (χ4n) is 1.63. The molecule has 1 heterocycles. The van der Waals surface area contributed by atoms with Crippen LogP contribution in [-0.4, -0.2) is 23.3 Å². The Balaban J connectivity index is 1.88. The number of carbonyl (C=O) groups is 2. The van der Waals surface area contributed by atoms with Gasteiger partial charge in [0.05, 0.1) is 12.1 Å². The van der Waals surface area contributed by atoms with Gasteiger partial charge in [-0.1, -0.05) is 18.2 Å². The maximum absolute atomic E-state index is 13.4. The minimum absolute atomic E-state index is 0.0984. The van der Waals surface area contributed by atoms with Gasteiger partial charge in [-0.15, -0.1) is 0 Å². The van der Waals surface area contributed by atoms with E-state index in [1.807, 2.05) is 6.92 Å². The van der Waals surface area contributed by atoms with Gasteiger partial charge < -0.3 is 10.6 Å². The molecule has 6 heteroatoms. The molecule has 2 amide bonds. The number of rotatable bonds is 4. The number of nitrogens with one attached hydrogen (secondary N) is 2. The Morgan fingerprint density at radius 2 is 1.95 bits per heavy atom. The summed E-state index contributed by atoms with van der Waals surface area (Å²) < 4.78 is 13.4. The van der Waals surface area contributed by atoms with Gasteiger partial charge in [-0.05, 0) is 30.7 Å². The fraction of sp³-hybridized carbons (Fsp3) is 0.133. The zero-order valence-corrected chi connectivity index (χ0v) is 11.4. The second-order valence-electron chi connectivity index (χ2n) is 4.43. The molecule has 21 heavy (non-hydrogen) atoms. The number of aromatic nitrogens is 1. The van der Waals surface area contributed by atoms with Gasteiger partial charge in [0.25, 0.3) is 5.91 Å². The highest BCUT2D eigenvalue weighted by Crippen LogP contribution is 2.06. The van der Waals surface area contributed by atoms with E-state index in [0.717, 1.165) is 5.56 Å². The number of amides is 2. The highest BCUT2D eigenvalue weighted by atomic mass is 19.1. The van der Waals surface area contributed by atoms with Crippen molar-refractivity contribution in [3.63, 3.8) is 0 Å². The Bertz CT molecular complexity index is 656. The molecule has 108 valence electrons. The van der Waals surface area contributed by atoms with E-state index in [0.29, 0.717) is 5.82 Å². The minimum Gasteiger partial charge on any atom is -0.343 e. The van der Waals surface area contributed by atoms with Gasteiger partial charge in [0.1, 0.15) is 11.6 Å². The second-order valence-corrected chi connectivity index (χ2v) is 4.43. The Morgan fingerprint density at radius 1 is 1.19 bits per heavy atom. The zero-order valence-electron chi connectivity index (χ0n) is 11.4. The summed E-state index contributed by atoms with van der Waals surface area (Å²) in [5, 5.41) is 4.88. The third-order valence-corrected chi connectivity index (χ3v) is 2.71. The standard InChI is InChI=1S/C15H14FN3O2/c1-10-6-7-13(17-8-10)19-14(20)9-18-15(21)11-4-2-3-5-12(11)16/h2-8H,9H2,1H3,(H,18,21)(H,17,19,20). The number of halogens is 1. The first kappa shape index (κ1) is 14.6. The number of carbonyl (C=O) groups excluding carboxylic acids is 2. The van der Waals surface area contributed by atoms with Crippen LogP contribution in [0.2, 0.25) is 0 Å². The first-order chi connectivity index (χ1) is 10.1. The largest absolute Gasteiger partial charge is 0.343 e. The van der Waals surface area contributed by atoms with Crippen LogP contribution in [0.25, 0.3) is 0 Å². The molecule has 2 aromatic rings. The van der Waals surface area contributed by atoms with Crippen molar-refractivity contribution >= 4 is 17.6 Å². The summed E-state index contributed by atoms with van der Waals surface area (Å²) in [4.78, 5) is 27.4. The van der Waals surface area contributed by atoms with E-state index in [1.165, 1.54) is 18.2 Å². The van der Waals surface area contributed by atoms with Gasteiger partial charge in [-0.3, -0.25) is 9.59 Å². The smallest absolute Gasteiger partial charge is 0.254 e. The molecule has 0 atom stereocenters. The molecule has 2 N–H and O–H groups in total. The lowest BCUT2D eigenvalue weighted by molar-refractivity contribution is -0.115. The number of benzene rings is 1. The van der Waals surface area contributed by atoms with Crippen LogP contribution in [0.15, 0.2) is 42.6 Å². The fourth-order valence-corrected chi connectivity index (χ4v) is 1.63. The van der Waals surface area contributed by atoms with Crippen LogP contribution in [0.5, 0.6) is 0 Å². The quantitative estimate of drug-likeness (QED) is 0.902. The minimum atomic E-state index is -0.639. The molecule has 1 aromatic carbocycles. The summed E-state index contributed by atoms with van der Waals surface area (Å²) in [5.74, 6) is -1.31. The van der Waals surface area contributed by atoms with Crippen molar-refractivity contribution in [2.75, 3.05) is 11.9 Å². The highest BCUT2D eigenvalue weighted by molar-refractivity contribution is 5.99. The van der Waals surface area contributed by atoms with Crippen molar-refractivity contribution in [3.8, 4) is 0 Å². The van der Waals surface area contributed by atoms with Gasteiger partial charge >= 0.3 is 0 Å². The van der Waals surface area contributed by atoms with Crippen LogP contribution in [0, 0.1) is 12.7 Å². The Labute approximate surface area is 121 Å². The second kappa shape index (κ2) is 6.60. The first-order valence-electron chi connectivity index (χ1n) is 6.31. The molecule has 0 aliphatic carbocycles. The van der Waals surface area contributed by atoms with Crippen LogP contribution in [0.4, 0.5) is 10.2 Å². The number of pyridine rings is 1. The topological polar surface area (TPSA) is 71.1 Å². The maximum Gasteiger partial charge on any atom is 0.254 e. The predicted octanol–water partition coefficient (Wildman–Crippen LogP) is 1.90. The molecule has 0 saturated carbocycles. The van der Waals surface area contributed by atoms with E-state index < -0.39 is 17.6 Å². The number of anilines is 1. The van der Waals surface area contributed by atoms with Crippen LogP contribution < -0.4 is 10.6 Å². The van der Waals surface area contributed by atoms with E-state index in [1.54, 1.807) is 24.4 Å². The van der Waals surface area contributed by atoms with Gasteiger partial charge in [0.15, 0.2) is 0 Å². The molecular formula is C15H14FN3O2. The van der Waals surface area contributed by atoms with Gasteiger partial charge in [0, 0.05) is 6.20 Å². The van der Waals surface area contributed by atoms with E-state index in [4.69, 9.17) is 0 Å². The summed E-state index contributed by atoms with van der Waals surface area (Å²) in [5.41, 5.74) is 0.875. The van der Waals surface area contributed by atoms with Crippen molar-refractivity contribution < 1.29 is 14.0 Å². The lowest BCUT2D eigenvalue weighted by atomic mass is 10.2. The lowest BCUT2D eigenvalue weighted by Crippen LogP contribution is -2.33. The third kappa shape index (κ3) is 4.10. The average Bonchev–Trinajstić information content (AvgIpc) is 2.48. The first-order valence-corrected chi connectivity index (χ1v) is 6.31. The molecule has 0 aliphatic rings. The number of hydrogen-bond acceptors (Lipinski definition) is 3. The van der Waals surface area contributed by atoms with Crippen molar-refractivity contribution in [1.29, 1.82) is 0 Å². The van der Waals surface area contributed by atoms with Gasteiger partial charge in [0.2, 0.25) is 5.91 Å². The third-order valence-electron chi connectivity index (χ3n) is 2.71. The van der Waals surface area contributed by atoms with Crippen LogP contribution in [0.1, 0.15) is 15.9 Å². The molecule has 0 aliphatic heterocycles. The summed E-state index contributed by atoms with van der Waals surface area (Å²) in [6.07, 6.45) is 1.62. The summed E-state index contributed by atoms with van der Waals surface area (Å²) in [6, 6.07) is 9.04. The Morgan fingerprint density at radius 3 is 2.62 bits per heavy atom. The van der Waals surface area contributed by atoms with E-state index in [-0.39, 0.29) is 12.1 Å². The molecular weight excluding hydrogens is 273 g/mol. The lowest BCUT2D eigenvalue weighted by Gasteiger charge is -2.07. The van der Waals surface area contributed by atoms with E-state index in [2.05, 4.69) is 15.6 Å². The van der Waals surface area contributed by atoms with Crippen molar-refractivity contribution in [2.24, 2.45) is 0 Å². The summed E-state index contributed by atoms with van der Waals surface area (Å²) in [6.45, 7) is 1.62. The van der Waals surface area contributed by atoms with E-state index >= 15 is 0 Å². The predicted molar refractivity (Wildman–Crippen MR) is 76.3 cm³/mol. The molecule has 0 spiro atoms. The number of aryl methyl sites for hydroxylation is 1. The molecule has 0 fully saturated rings. The number of hydrogen-bond donors (Lipinski definition) is 2. The molecule has 5 nitrogen and oxygen atoms in total. The van der Waals surface area contributed by atoms with Crippen molar-refractivity contribution in [2.45, 2.75) is 6.92 Å². The molecule has 2 rings (SSSR count). The SMILES string of the molecule is Cc1ccc(NC(=O)CNC(=O)c2ccccc2F)nc1. The van der Waals surface area contributed by atoms with Crippen LogP contribution >= 0.6 is 0 Å². The normalized spacial score (nSPS) is 10.0. The van der Waals surface area contributed by atoms with Crippen LogP contribution in [-0.2, 0) is 4.79 Å². The average molecular weight is 287 g/mol. The summed E-state index contributed by atoms with van der Waals surface area (Å²) >= 11 is 0. The van der Waals surface area contributed by atoms with Crippen LogP contribution in [0.3, 0.4) is 0 Å². The van der Waals surface area contributed by atoms with Gasteiger partial charge in [-0.25, -0.2) is 9.37 Å². The molecule has 0 saturated heterocycles. The molecule has 0 unspecified atom stereocenters. The summed E-state index contributed by atoms with van der Waals surface area (Å²) in [7, 11) is 0. The molecule has 0 bridgehead atoms. The van der Waals surface area contributed by atoms with Crippen molar-refractivity contribution in [1.82, 2.24) is 10.3 Å². The zero-order chi connectivity index (χ0) is 15.2. The molecule has 1 aromatic heterocycles. The maximum atomic E-state index is 13.4. The Kier molecular flexibility index (Phi) is 4.61. The number of nitrogens with zero attached hydrogens (tertiary/aromatic N) is 1. The Hall–Kier alpha value is -2.76.